The first-order valence-corrected chi connectivity index (χ1v) is 9.72. The molecule has 0 bridgehead atoms. The van der Waals surface area contributed by atoms with Crippen LogP contribution in [0.3, 0.4) is 0 Å². The van der Waals surface area contributed by atoms with Crippen molar-refractivity contribution in [1.82, 2.24) is 8.87 Å². The Morgan fingerprint density at radius 1 is 1.19 bits per heavy atom. The SMILES string of the molecule is COc1ccc(S(=O)(=O)N2CC(Oc3cc(C)n(C)c(=O)c3)C2)cc1Cl. The monoisotopic (exact) mass is 398 g/mol. The highest BCUT2D eigenvalue weighted by Crippen LogP contribution is 2.30. The molecule has 1 fully saturated rings. The topological polar surface area (TPSA) is 77.8 Å². The van der Waals surface area contributed by atoms with Gasteiger partial charge in [0.05, 0.1) is 30.1 Å². The van der Waals surface area contributed by atoms with Crippen molar-refractivity contribution < 1.29 is 17.9 Å². The van der Waals surface area contributed by atoms with Crippen molar-refractivity contribution in [3.63, 3.8) is 0 Å². The average Bonchev–Trinajstić information content (AvgIpc) is 2.55. The summed E-state index contributed by atoms with van der Waals surface area (Å²) in [6.45, 7) is 2.22. The average molecular weight is 399 g/mol. The summed E-state index contributed by atoms with van der Waals surface area (Å²) >= 11 is 6.02. The zero-order valence-electron chi connectivity index (χ0n) is 14.6. The smallest absolute Gasteiger partial charge is 0.254 e. The first-order valence-electron chi connectivity index (χ1n) is 7.90. The largest absolute Gasteiger partial charge is 0.495 e. The molecule has 2 aromatic rings. The van der Waals surface area contributed by atoms with E-state index in [4.69, 9.17) is 21.1 Å². The van der Waals surface area contributed by atoms with E-state index in [0.29, 0.717) is 11.5 Å². The summed E-state index contributed by atoms with van der Waals surface area (Å²) in [6, 6.07) is 7.49. The minimum atomic E-state index is -3.65. The Morgan fingerprint density at radius 3 is 2.46 bits per heavy atom. The highest BCUT2D eigenvalue weighted by molar-refractivity contribution is 7.89. The Hall–Kier alpha value is -2.03. The van der Waals surface area contributed by atoms with Crippen LogP contribution in [-0.4, -0.2) is 43.6 Å². The van der Waals surface area contributed by atoms with Crippen LogP contribution in [0.5, 0.6) is 11.5 Å². The van der Waals surface area contributed by atoms with E-state index in [2.05, 4.69) is 0 Å². The van der Waals surface area contributed by atoms with Crippen LogP contribution in [0.25, 0.3) is 0 Å². The first kappa shape index (κ1) is 18.8. The number of rotatable bonds is 5. The molecule has 0 saturated carbocycles. The van der Waals surface area contributed by atoms with Crippen molar-refractivity contribution in [1.29, 1.82) is 0 Å². The number of aryl methyl sites for hydroxylation is 1. The van der Waals surface area contributed by atoms with Gasteiger partial charge in [-0.2, -0.15) is 4.31 Å². The molecule has 0 N–H and O–H groups in total. The molecule has 2 heterocycles. The molecule has 0 amide bonds. The second kappa shape index (κ2) is 6.94. The number of nitrogens with zero attached hydrogens (tertiary/aromatic N) is 2. The quantitative estimate of drug-likeness (QED) is 0.767. The molecule has 9 heteroatoms. The third kappa shape index (κ3) is 3.44. The van der Waals surface area contributed by atoms with Gasteiger partial charge in [-0.05, 0) is 31.2 Å². The van der Waals surface area contributed by atoms with Crippen molar-refractivity contribution >= 4 is 21.6 Å². The van der Waals surface area contributed by atoms with E-state index < -0.39 is 10.0 Å². The fourth-order valence-corrected chi connectivity index (χ4v) is 4.48. The molecule has 0 aliphatic carbocycles. The Morgan fingerprint density at radius 2 is 1.88 bits per heavy atom. The van der Waals surface area contributed by atoms with Gasteiger partial charge in [-0.1, -0.05) is 11.6 Å². The molecule has 7 nitrogen and oxygen atoms in total. The zero-order chi connectivity index (χ0) is 19.1. The molecular formula is C17H19ClN2O5S. The maximum atomic E-state index is 12.6. The standard InChI is InChI=1S/C17H19ClN2O5S/c1-11-6-12(7-17(21)19(11)2)25-13-9-20(10-13)26(22,23)14-4-5-16(24-3)15(18)8-14/h4-8,13H,9-10H2,1-3H3. The van der Waals surface area contributed by atoms with Gasteiger partial charge in [-0.25, -0.2) is 8.42 Å². The number of methoxy groups -OCH3 is 1. The van der Waals surface area contributed by atoms with Crippen molar-refractivity contribution in [2.75, 3.05) is 20.2 Å². The Kier molecular flexibility index (Phi) is 5.01. The van der Waals surface area contributed by atoms with Crippen LogP contribution in [0, 0.1) is 6.92 Å². The van der Waals surface area contributed by atoms with E-state index in [9.17, 15) is 13.2 Å². The predicted octanol–water partition coefficient (Wildman–Crippen LogP) is 1.81. The number of halogens is 1. The predicted molar refractivity (Wildman–Crippen MR) is 97.6 cm³/mol. The fraction of sp³-hybridized carbons (Fsp3) is 0.353. The third-order valence-electron chi connectivity index (χ3n) is 4.35. The Balaban J connectivity index is 1.69. The molecule has 0 spiro atoms. The van der Waals surface area contributed by atoms with Gasteiger partial charge >= 0.3 is 0 Å². The summed E-state index contributed by atoms with van der Waals surface area (Å²) in [6.07, 6.45) is -0.301. The maximum Gasteiger partial charge on any atom is 0.254 e. The molecule has 1 aromatic heterocycles. The van der Waals surface area contributed by atoms with Gasteiger partial charge in [0.1, 0.15) is 17.6 Å². The summed E-state index contributed by atoms with van der Waals surface area (Å²) < 4.78 is 38.9. The van der Waals surface area contributed by atoms with Crippen LogP contribution in [0.1, 0.15) is 5.69 Å². The minimum Gasteiger partial charge on any atom is -0.495 e. The van der Waals surface area contributed by atoms with Gasteiger partial charge < -0.3 is 14.0 Å². The maximum absolute atomic E-state index is 12.6. The molecular weight excluding hydrogens is 380 g/mol. The number of hydrogen-bond acceptors (Lipinski definition) is 5. The summed E-state index contributed by atoms with van der Waals surface area (Å²) in [5.41, 5.74) is 0.598. The van der Waals surface area contributed by atoms with Crippen molar-refractivity contribution in [3.8, 4) is 11.5 Å². The van der Waals surface area contributed by atoms with Crippen molar-refractivity contribution in [2.45, 2.75) is 17.9 Å². The molecule has 3 rings (SSSR count). The number of aromatic nitrogens is 1. The lowest BCUT2D eigenvalue weighted by molar-refractivity contribution is 0.0759. The van der Waals surface area contributed by atoms with Gasteiger partial charge in [-0.15, -0.1) is 0 Å². The van der Waals surface area contributed by atoms with Gasteiger partial charge in [0.15, 0.2) is 0 Å². The third-order valence-corrected chi connectivity index (χ3v) is 6.48. The molecule has 26 heavy (non-hydrogen) atoms. The summed E-state index contributed by atoms with van der Waals surface area (Å²) in [5.74, 6) is 0.858. The highest BCUT2D eigenvalue weighted by atomic mass is 35.5. The van der Waals surface area contributed by atoms with E-state index in [1.54, 1.807) is 20.0 Å². The van der Waals surface area contributed by atoms with Crippen molar-refractivity contribution in [2.24, 2.45) is 7.05 Å². The summed E-state index contributed by atoms with van der Waals surface area (Å²) in [5, 5.41) is 0.234. The number of hydrogen-bond donors (Lipinski definition) is 0. The fourth-order valence-electron chi connectivity index (χ4n) is 2.63. The second-order valence-corrected chi connectivity index (χ2v) is 8.43. The summed E-state index contributed by atoms with van der Waals surface area (Å²) in [7, 11) is -0.507. The second-order valence-electron chi connectivity index (χ2n) is 6.09. The lowest BCUT2D eigenvalue weighted by Gasteiger charge is -2.37. The van der Waals surface area contributed by atoms with Crippen LogP contribution < -0.4 is 15.0 Å². The molecule has 1 aliphatic rings. The van der Waals surface area contributed by atoms with Gasteiger partial charge in [0.2, 0.25) is 10.0 Å². The van der Waals surface area contributed by atoms with Gasteiger partial charge in [0, 0.05) is 18.8 Å². The van der Waals surface area contributed by atoms with Crippen LogP contribution in [-0.2, 0) is 17.1 Å². The van der Waals surface area contributed by atoms with E-state index in [0.717, 1.165) is 5.69 Å². The van der Waals surface area contributed by atoms with Crippen LogP contribution in [0.2, 0.25) is 5.02 Å². The summed E-state index contributed by atoms with van der Waals surface area (Å²) in [4.78, 5) is 11.9. The number of pyridine rings is 1. The molecule has 140 valence electrons. The number of ether oxygens (including phenoxy) is 2. The van der Waals surface area contributed by atoms with Gasteiger partial charge in [-0.3, -0.25) is 4.79 Å². The van der Waals surface area contributed by atoms with E-state index in [1.165, 1.54) is 40.2 Å². The normalized spacial score (nSPS) is 15.5. The molecule has 1 aliphatic heterocycles. The van der Waals surface area contributed by atoms with E-state index >= 15 is 0 Å². The van der Waals surface area contributed by atoms with Crippen LogP contribution >= 0.6 is 11.6 Å². The molecule has 1 saturated heterocycles. The van der Waals surface area contributed by atoms with Crippen LogP contribution in [0.15, 0.2) is 40.0 Å². The lowest BCUT2D eigenvalue weighted by Crippen LogP contribution is -2.56. The minimum absolute atomic E-state index is 0.103. The molecule has 0 atom stereocenters. The first-order chi connectivity index (χ1) is 12.2. The van der Waals surface area contributed by atoms with Crippen LogP contribution in [0.4, 0.5) is 0 Å². The number of sulfonamides is 1. The molecule has 0 radical (unpaired) electrons. The lowest BCUT2D eigenvalue weighted by atomic mass is 10.2. The Labute approximate surface area is 156 Å². The number of benzene rings is 1. The van der Waals surface area contributed by atoms with E-state index in [-0.39, 0.29) is 34.7 Å². The molecule has 0 unspecified atom stereocenters. The highest BCUT2D eigenvalue weighted by Gasteiger charge is 2.38. The van der Waals surface area contributed by atoms with E-state index in [1.807, 2.05) is 0 Å². The van der Waals surface area contributed by atoms with Gasteiger partial charge in [0.25, 0.3) is 5.56 Å². The van der Waals surface area contributed by atoms with Crippen molar-refractivity contribution in [3.05, 3.63) is 51.4 Å². The zero-order valence-corrected chi connectivity index (χ0v) is 16.2. The Bertz CT molecular complexity index is 997. The molecule has 1 aromatic carbocycles.